The van der Waals surface area contributed by atoms with Gasteiger partial charge in [-0.15, -0.1) is 0 Å². The Morgan fingerprint density at radius 1 is 1.14 bits per heavy atom. The van der Waals surface area contributed by atoms with Gasteiger partial charge < -0.3 is 15.5 Å². The predicted molar refractivity (Wildman–Crippen MR) is 77.9 cm³/mol. The second kappa shape index (κ2) is 7.98. The van der Waals surface area contributed by atoms with Crippen LogP contribution in [0.3, 0.4) is 0 Å². The highest BCUT2D eigenvalue weighted by molar-refractivity contribution is 5.86. The Hall–Kier alpha value is -0.820. The van der Waals surface area contributed by atoms with Crippen LogP contribution in [-0.2, 0) is 4.79 Å². The maximum atomic E-state index is 12.9. The first-order valence-corrected chi connectivity index (χ1v) is 7.34. The van der Waals surface area contributed by atoms with E-state index in [2.05, 4.69) is 4.90 Å². The van der Waals surface area contributed by atoms with Crippen molar-refractivity contribution in [3.8, 4) is 0 Å². The highest BCUT2D eigenvalue weighted by Crippen LogP contribution is 2.29. The Labute approximate surface area is 125 Å². The van der Waals surface area contributed by atoms with Crippen LogP contribution in [0.25, 0.3) is 0 Å². The van der Waals surface area contributed by atoms with Crippen molar-refractivity contribution in [1.29, 1.82) is 0 Å². The lowest BCUT2D eigenvalue weighted by Gasteiger charge is -2.35. The van der Waals surface area contributed by atoms with Gasteiger partial charge in [-0.25, -0.2) is 0 Å². The molecule has 0 fully saturated rings. The number of amides is 1. The normalized spacial score (nSPS) is 15.4. The highest BCUT2D eigenvalue weighted by atomic mass is 19.4. The number of likely N-dealkylation sites (N-methyl/N-ethyl adjacent to an activating group) is 1. The van der Waals surface area contributed by atoms with Gasteiger partial charge in [-0.3, -0.25) is 4.79 Å². The molecule has 0 bridgehead atoms. The van der Waals surface area contributed by atoms with Crippen molar-refractivity contribution < 1.29 is 18.0 Å². The van der Waals surface area contributed by atoms with Gasteiger partial charge in [0.05, 0.1) is 0 Å². The number of hydrogen-bond acceptors (Lipinski definition) is 3. The fraction of sp³-hybridized carbons (Fsp3) is 0.929. The van der Waals surface area contributed by atoms with Crippen molar-refractivity contribution in [3.63, 3.8) is 0 Å². The van der Waals surface area contributed by atoms with Gasteiger partial charge >= 0.3 is 6.18 Å². The van der Waals surface area contributed by atoms with Crippen LogP contribution in [0, 0.1) is 5.92 Å². The molecule has 0 aliphatic rings. The summed E-state index contributed by atoms with van der Waals surface area (Å²) in [6.07, 6.45) is -4.76. The monoisotopic (exact) mass is 311 g/mol. The SMILES string of the molecule is CCN(CC)CCN(CC(C)C)C(=O)C(C)(N)C(F)(F)F. The first-order chi connectivity index (χ1) is 9.47. The van der Waals surface area contributed by atoms with E-state index in [1.165, 1.54) is 4.90 Å². The molecule has 0 saturated heterocycles. The minimum Gasteiger partial charge on any atom is -0.339 e. The van der Waals surface area contributed by atoms with Crippen LogP contribution in [0.15, 0.2) is 0 Å². The quantitative estimate of drug-likeness (QED) is 0.747. The van der Waals surface area contributed by atoms with Gasteiger partial charge in [-0.05, 0) is 25.9 Å². The number of carbonyl (C=O) groups is 1. The lowest BCUT2D eigenvalue weighted by atomic mass is 10.0. The molecular weight excluding hydrogens is 283 g/mol. The van der Waals surface area contributed by atoms with E-state index in [4.69, 9.17) is 5.73 Å². The van der Waals surface area contributed by atoms with Crippen molar-refractivity contribution in [3.05, 3.63) is 0 Å². The average molecular weight is 311 g/mol. The Kier molecular flexibility index (Phi) is 7.67. The molecule has 0 spiro atoms. The number of hydrogen-bond donors (Lipinski definition) is 1. The van der Waals surface area contributed by atoms with E-state index in [1.54, 1.807) is 0 Å². The Balaban J connectivity index is 5.02. The van der Waals surface area contributed by atoms with Gasteiger partial charge in [-0.2, -0.15) is 13.2 Å². The number of carbonyl (C=O) groups excluding carboxylic acids is 1. The number of nitrogens with two attached hydrogens (primary N) is 1. The first-order valence-electron chi connectivity index (χ1n) is 7.34. The first kappa shape index (κ1) is 20.2. The second-order valence-corrected chi connectivity index (χ2v) is 5.87. The Bertz CT molecular complexity index is 326. The van der Waals surface area contributed by atoms with Gasteiger partial charge in [0.25, 0.3) is 5.91 Å². The summed E-state index contributed by atoms with van der Waals surface area (Å²) in [6, 6.07) is 0. The molecule has 0 saturated carbocycles. The summed E-state index contributed by atoms with van der Waals surface area (Å²) in [4.78, 5) is 15.5. The van der Waals surface area contributed by atoms with Crippen LogP contribution in [-0.4, -0.2) is 60.1 Å². The van der Waals surface area contributed by atoms with E-state index in [-0.39, 0.29) is 19.0 Å². The molecule has 21 heavy (non-hydrogen) atoms. The zero-order valence-electron chi connectivity index (χ0n) is 13.6. The molecule has 1 unspecified atom stereocenters. The third kappa shape index (κ3) is 5.82. The zero-order valence-corrected chi connectivity index (χ0v) is 13.6. The van der Waals surface area contributed by atoms with Crippen molar-refractivity contribution >= 4 is 5.91 Å². The lowest BCUT2D eigenvalue weighted by molar-refractivity contribution is -0.194. The summed E-state index contributed by atoms with van der Waals surface area (Å²) < 4.78 is 38.8. The zero-order chi connectivity index (χ0) is 16.8. The summed E-state index contributed by atoms with van der Waals surface area (Å²) in [6.45, 7) is 11.0. The molecule has 0 aliphatic carbocycles. The summed E-state index contributed by atoms with van der Waals surface area (Å²) in [7, 11) is 0. The maximum Gasteiger partial charge on any atom is 0.415 e. The van der Waals surface area contributed by atoms with Crippen LogP contribution in [0.4, 0.5) is 13.2 Å². The number of rotatable bonds is 8. The molecule has 0 radical (unpaired) electrons. The van der Waals surface area contributed by atoms with Crippen LogP contribution < -0.4 is 5.73 Å². The van der Waals surface area contributed by atoms with Gasteiger partial charge in [0.2, 0.25) is 0 Å². The van der Waals surface area contributed by atoms with Crippen LogP contribution in [0.5, 0.6) is 0 Å². The average Bonchev–Trinajstić information content (AvgIpc) is 2.35. The second-order valence-electron chi connectivity index (χ2n) is 5.87. The van der Waals surface area contributed by atoms with Gasteiger partial charge in [-0.1, -0.05) is 27.7 Å². The summed E-state index contributed by atoms with van der Waals surface area (Å²) in [5.41, 5.74) is 2.41. The molecule has 0 aromatic heterocycles. The van der Waals surface area contributed by atoms with Gasteiger partial charge in [0, 0.05) is 19.6 Å². The molecule has 4 nitrogen and oxygen atoms in total. The molecular formula is C14H28F3N3O. The van der Waals surface area contributed by atoms with Crippen molar-refractivity contribution in [2.24, 2.45) is 11.7 Å². The third-order valence-corrected chi connectivity index (χ3v) is 3.49. The molecule has 0 aromatic rings. The van der Waals surface area contributed by atoms with Crippen molar-refractivity contribution in [2.75, 3.05) is 32.7 Å². The molecule has 7 heteroatoms. The number of nitrogens with zero attached hydrogens (tertiary/aromatic N) is 2. The summed E-state index contributed by atoms with van der Waals surface area (Å²) in [5, 5.41) is 0. The molecule has 1 atom stereocenters. The standard InChI is InChI=1S/C14H28F3N3O/c1-6-19(7-2)8-9-20(10-11(3)4)12(21)13(5,18)14(15,16)17/h11H,6-10,18H2,1-5H3. The van der Waals surface area contributed by atoms with E-state index in [0.717, 1.165) is 20.0 Å². The van der Waals surface area contributed by atoms with Crippen LogP contribution in [0.2, 0.25) is 0 Å². The lowest BCUT2D eigenvalue weighted by Crippen LogP contribution is -2.63. The predicted octanol–water partition coefficient (Wildman–Crippen LogP) is 2.09. The van der Waals surface area contributed by atoms with E-state index in [1.807, 2.05) is 27.7 Å². The Morgan fingerprint density at radius 2 is 1.62 bits per heavy atom. The van der Waals surface area contributed by atoms with Crippen molar-refractivity contribution in [1.82, 2.24) is 9.80 Å². The minimum absolute atomic E-state index is 0.0784. The molecule has 0 aliphatic heterocycles. The van der Waals surface area contributed by atoms with Gasteiger partial charge in [0.1, 0.15) is 0 Å². The number of alkyl halides is 3. The summed E-state index contributed by atoms with van der Waals surface area (Å²) in [5.74, 6) is -0.981. The smallest absolute Gasteiger partial charge is 0.339 e. The van der Waals surface area contributed by atoms with E-state index < -0.39 is 17.6 Å². The highest BCUT2D eigenvalue weighted by Gasteiger charge is 2.55. The Morgan fingerprint density at radius 3 is 1.95 bits per heavy atom. The summed E-state index contributed by atoms with van der Waals surface area (Å²) >= 11 is 0. The molecule has 2 N–H and O–H groups in total. The van der Waals surface area contributed by atoms with Gasteiger partial charge in [0.15, 0.2) is 5.54 Å². The topological polar surface area (TPSA) is 49.6 Å². The van der Waals surface area contributed by atoms with Crippen molar-refractivity contribution in [2.45, 2.75) is 46.3 Å². The molecule has 0 heterocycles. The largest absolute Gasteiger partial charge is 0.415 e. The van der Waals surface area contributed by atoms with Crippen LogP contribution in [0.1, 0.15) is 34.6 Å². The van der Waals surface area contributed by atoms with E-state index in [9.17, 15) is 18.0 Å². The molecule has 0 aromatic carbocycles. The van der Waals surface area contributed by atoms with E-state index >= 15 is 0 Å². The van der Waals surface area contributed by atoms with Crippen LogP contribution >= 0.6 is 0 Å². The molecule has 0 rings (SSSR count). The minimum atomic E-state index is -4.76. The molecule has 126 valence electrons. The fourth-order valence-corrected chi connectivity index (χ4v) is 1.97. The van der Waals surface area contributed by atoms with E-state index in [0.29, 0.717) is 6.54 Å². The fourth-order valence-electron chi connectivity index (χ4n) is 1.97. The number of halogens is 3. The maximum absolute atomic E-state index is 12.9. The molecule has 1 amide bonds. The third-order valence-electron chi connectivity index (χ3n) is 3.49.